The summed E-state index contributed by atoms with van der Waals surface area (Å²) in [6.07, 6.45) is 0. The van der Waals surface area contributed by atoms with Crippen molar-refractivity contribution in [2.75, 3.05) is 7.11 Å². The second-order valence-electron chi connectivity index (χ2n) is 2.16. The highest BCUT2D eigenvalue weighted by Gasteiger charge is 2.04. The fourth-order valence-electron chi connectivity index (χ4n) is 0.755. The first-order chi connectivity index (χ1) is 5.65. The maximum absolute atomic E-state index is 12.8. The van der Waals surface area contributed by atoms with Gasteiger partial charge in [-0.1, -0.05) is 11.6 Å². The standard InChI is InChI=1S/C8H7ClFNO/c1-12-8(11)5-2-3-6(9)7(10)4-5/h2-4,11H,1H3. The summed E-state index contributed by atoms with van der Waals surface area (Å²) in [5, 5.41) is 7.26. The van der Waals surface area contributed by atoms with Crippen LogP contribution in [0.25, 0.3) is 0 Å². The second kappa shape index (κ2) is 3.54. The molecule has 0 aliphatic rings. The summed E-state index contributed by atoms with van der Waals surface area (Å²) in [6, 6.07) is 4.07. The van der Waals surface area contributed by atoms with E-state index in [0.717, 1.165) is 6.07 Å². The lowest BCUT2D eigenvalue weighted by molar-refractivity contribution is 0.401. The van der Waals surface area contributed by atoms with E-state index >= 15 is 0 Å². The SMILES string of the molecule is COC(=N)c1ccc(Cl)c(F)c1. The number of rotatable bonds is 1. The first kappa shape index (κ1) is 9.00. The highest BCUT2D eigenvalue weighted by molar-refractivity contribution is 6.30. The minimum absolute atomic E-state index is 0.0441. The molecule has 0 saturated heterocycles. The Balaban J connectivity index is 3.05. The van der Waals surface area contributed by atoms with Gasteiger partial charge in [-0.05, 0) is 18.2 Å². The number of ether oxygens (including phenoxy) is 1. The number of benzene rings is 1. The molecule has 1 rings (SSSR count). The molecule has 2 nitrogen and oxygen atoms in total. The normalized spacial score (nSPS) is 9.58. The van der Waals surface area contributed by atoms with Crippen LogP contribution in [0.5, 0.6) is 0 Å². The van der Waals surface area contributed by atoms with E-state index in [1.165, 1.54) is 19.2 Å². The zero-order chi connectivity index (χ0) is 9.14. The van der Waals surface area contributed by atoms with Crippen LogP contribution in [0.1, 0.15) is 5.56 Å². The molecule has 4 heteroatoms. The number of halogens is 2. The van der Waals surface area contributed by atoms with Gasteiger partial charge >= 0.3 is 0 Å². The quantitative estimate of drug-likeness (QED) is 0.532. The predicted octanol–water partition coefficient (Wildman–Crippen LogP) is 2.45. The minimum Gasteiger partial charge on any atom is -0.481 e. The van der Waals surface area contributed by atoms with Crippen molar-refractivity contribution in [2.24, 2.45) is 0 Å². The highest BCUT2D eigenvalue weighted by Crippen LogP contribution is 2.15. The van der Waals surface area contributed by atoms with Gasteiger partial charge in [-0.2, -0.15) is 0 Å². The summed E-state index contributed by atoms with van der Waals surface area (Å²) in [6.45, 7) is 0. The van der Waals surface area contributed by atoms with Crippen molar-refractivity contribution in [3.8, 4) is 0 Å². The van der Waals surface area contributed by atoms with Crippen LogP contribution in [0, 0.1) is 11.2 Å². The van der Waals surface area contributed by atoms with E-state index in [1.54, 1.807) is 0 Å². The van der Waals surface area contributed by atoms with Crippen molar-refractivity contribution in [1.29, 1.82) is 5.41 Å². The fraction of sp³-hybridized carbons (Fsp3) is 0.125. The topological polar surface area (TPSA) is 33.1 Å². The van der Waals surface area contributed by atoms with Gasteiger partial charge in [-0.25, -0.2) is 4.39 Å². The zero-order valence-corrected chi connectivity index (χ0v) is 7.15. The van der Waals surface area contributed by atoms with Crippen LogP contribution < -0.4 is 0 Å². The molecule has 0 heterocycles. The molecule has 1 aromatic rings. The Morgan fingerprint density at radius 1 is 1.58 bits per heavy atom. The van der Waals surface area contributed by atoms with Gasteiger partial charge in [0.05, 0.1) is 12.1 Å². The van der Waals surface area contributed by atoms with Gasteiger partial charge in [0.15, 0.2) is 0 Å². The summed E-state index contributed by atoms with van der Waals surface area (Å²) < 4.78 is 17.4. The van der Waals surface area contributed by atoms with E-state index in [9.17, 15) is 4.39 Å². The van der Waals surface area contributed by atoms with E-state index in [-0.39, 0.29) is 10.9 Å². The summed E-state index contributed by atoms with van der Waals surface area (Å²) in [5.41, 5.74) is 0.374. The third-order valence-corrected chi connectivity index (χ3v) is 1.69. The Morgan fingerprint density at radius 2 is 2.25 bits per heavy atom. The molecule has 0 atom stereocenters. The molecule has 0 aliphatic heterocycles. The van der Waals surface area contributed by atoms with Gasteiger partial charge in [-0.3, -0.25) is 5.41 Å². The lowest BCUT2D eigenvalue weighted by atomic mass is 10.2. The molecule has 0 unspecified atom stereocenters. The Labute approximate surface area is 74.4 Å². The van der Waals surface area contributed by atoms with Gasteiger partial charge in [0.25, 0.3) is 0 Å². The maximum Gasteiger partial charge on any atom is 0.213 e. The third kappa shape index (κ3) is 1.74. The van der Waals surface area contributed by atoms with Crippen molar-refractivity contribution in [3.05, 3.63) is 34.6 Å². The summed E-state index contributed by atoms with van der Waals surface area (Å²) in [4.78, 5) is 0. The third-order valence-electron chi connectivity index (χ3n) is 1.39. The van der Waals surface area contributed by atoms with E-state index in [0.29, 0.717) is 5.56 Å². The van der Waals surface area contributed by atoms with Crippen molar-refractivity contribution in [2.45, 2.75) is 0 Å². The number of hydrogen-bond donors (Lipinski definition) is 1. The van der Waals surface area contributed by atoms with Crippen molar-refractivity contribution in [3.63, 3.8) is 0 Å². The number of hydrogen-bond acceptors (Lipinski definition) is 2. The van der Waals surface area contributed by atoms with E-state index in [1.807, 2.05) is 0 Å². The molecule has 0 radical (unpaired) electrons. The van der Waals surface area contributed by atoms with E-state index in [2.05, 4.69) is 4.74 Å². The molecule has 0 fully saturated rings. The van der Waals surface area contributed by atoms with Gasteiger partial charge in [0.2, 0.25) is 5.90 Å². The smallest absolute Gasteiger partial charge is 0.213 e. The molecule has 0 spiro atoms. The average molecular weight is 188 g/mol. The Morgan fingerprint density at radius 3 is 2.75 bits per heavy atom. The molecule has 12 heavy (non-hydrogen) atoms. The lowest BCUT2D eigenvalue weighted by Crippen LogP contribution is -2.01. The Kier molecular flexibility index (Phi) is 2.65. The van der Waals surface area contributed by atoms with Crippen LogP contribution in [0.4, 0.5) is 4.39 Å². The van der Waals surface area contributed by atoms with E-state index < -0.39 is 5.82 Å². The van der Waals surface area contributed by atoms with Crippen LogP contribution >= 0.6 is 11.6 Å². The molecular weight excluding hydrogens is 181 g/mol. The van der Waals surface area contributed by atoms with Crippen LogP contribution in [0.3, 0.4) is 0 Å². The number of nitrogens with one attached hydrogen (secondary N) is 1. The average Bonchev–Trinajstić information content (AvgIpc) is 2.08. The van der Waals surface area contributed by atoms with Gasteiger partial charge in [-0.15, -0.1) is 0 Å². The van der Waals surface area contributed by atoms with Gasteiger partial charge < -0.3 is 4.74 Å². The summed E-state index contributed by atoms with van der Waals surface area (Å²) in [5.74, 6) is -0.624. The summed E-state index contributed by atoms with van der Waals surface area (Å²) >= 11 is 5.44. The Bertz CT molecular complexity index is 314. The predicted molar refractivity (Wildman–Crippen MR) is 45.2 cm³/mol. The second-order valence-corrected chi connectivity index (χ2v) is 2.57. The molecule has 0 bridgehead atoms. The largest absolute Gasteiger partial charge is 0.481 e. The molecule has 64 valence electrons. The molecule has 0 aromatic heterocycles. The minimum atomic E-state index is -0.545. The van der Waals surface area contributed by atoms with Gasteiger partial charge in [0, 0.05) is 5.56 Å². The van der Waals surface area contributed by atoms with Crippen LogP contribution in [0.2, 0.25) is 5.02 Å². The summed E-state index contributed by atoms with van der Waals surface area (Å²) in [7, 11) is 1.36. The van der Waals surface area contributed by atoms with Crippen LogP contribution in [0.15, 0.2) is 18.2 Å². The van der Waals surface area contributed by atoms with Gasteiger partial charge in [0.1, 0.15) is 5.82 Å². The van der Waals surface area contributed by atoms with Crippen LogP contribution in [-0.2, 0) is 4.74 Å². The van der Waals surface area contributed by atoms with Crippen molar-refractivity contribution >= 4 is 17.5 Å². The monoisotopic (exact) mass is 187 g/mol. The molecule has 1 aromatic carbocycles. The van der Waals surface area contributed by atoms with Crippen LogP contribution in [-0.4, -0.2) is 13.0 Å². The molecule has 0 aliphatic carbocycles. The first-order valence-electron chi connectivity index (χ1n) is 3.23. The number of methoxy groups -OCH3 is 1. The molecular formula is C8H7ClFNO. The molecule has 0 amide bonds. The zero-order valence-electron chi connectivity index (χ0n) is 6.40. The fourth-order valence-corrected chi connectivity index (χ4v) is 0.873. The molecule has 1 N–H and O–H groups in total. The lowest BCUT2D eigenvalue weighted by Gasteiger charge is -2.02. The highest BCUT2D eigenvalue weighted by atomic mass is 35.5. The Hall–Kier alpha value is -1.09. The first-order valence-corrected chi connectivity index (χ1v) is 3.61. The molecule has 0 saturated carbocycles. The van der Waals surface area contributed by atoms with E-state index in [4.69, 9.17) is 17.0 Å². The van der Waals surface area contributed by atoms with Crippen molar-refractivity contribution < 1.29 is 9.13 Å². The maximum atomic E-state index is 12.8. The van der Waals surface area contributed by atoms with Crippen molar-refractivity contribution in [1.82, 2.24) is 0 Å².